The molecule has 0 amide bonds. The van der Waals surface area contributed by atoms with Gasteiger partial charge in [0.2, 0.25) is 0 Å². The van der Waals surface area contributed by atoms with Crippen molar-refractivity contribution in [1.82, 2.24) is 5.32 Å². The minimum atomic E-state index is -1.07. The SMILES string of the molecule is CCC1C(C(=O)O)=C(C)NC(C)=C1C(=O)O. The average molecular weight is 225 g/mol. The van der Waals surface area contributed by atoms with Crippen molar-refractivity contribution in [1.29, 1.82) is 0 Å². The third-order valence-corrected chi connectivity index (χ3v) is 2.75. The van der Waals surface area contributed by atoms with Crippen LogP contribution in [-0.2, 0) is 9.59 Å². The number of nitrogens with one attached hydrogen (secondary N) is 1. The topological polar surface area (TPSA) is 86.6 Å². The number of carbonyl (C=O) groups is 2. The monoisotopic (exact) mass is 225 g/mol. The lowest BCUT2D eigenvalue weighted by Crippen LogP contribution is -2.31. The Labute approximate surface area is 93.5 Å². The molecule has 0 aromatic heterocycles. The summed E-state index contributed by atoms with van der Waals surface area (Å²) >= 11 is 0. The van der Waals surface area contributed by atoms with Gasteiger partial charge in [0, 0.05) is 17.3 Å². The van der Waals surface area contributed by atoms with Crippen LogP contribution < -0.4 is 5.32 Å². The highest BCUT2D eigenvalue weighted by Crippen LogP contribution is 2.32. The lowest BCUT2D eigenvalue weighted by Gasteiger charge is -2.27. The Kier molecular flexibility index (Phi) is 3.37. The van der Waals surface area contributed by atoms with Crippen LogP contribution in [0.25, 0.3) is 0 Å². The second-order valence-corrected chi connectivity index (χ2v) is 3.77. The molecule has 0 atom stereocenters. The molecule has 16 heavy (non-hydrogen) atoms. The van der Waals surface area contributed by atoms with Crippen molar-refractivity contribution in [3.63, 3.8) is 0 Å². The van der Waals surface area contributed by atoms with Crippen molar-refractivity contribution in [3.05, 3.63) is 22.5 Å². The molecular weight excluding hydrogens is 210 g/mol. The maximum Gasteiger partial charge on any atom is 0.333 e. The van der Waals surface area contributed by atoms with Gasteiger partial charge in [0.05, 0.1) is 11.1 Å². The molecule has 0 bridgehead atoms. The van der Waals surface area contributed by atoms with Gasteiger partial charge in [0.25, 0.3) is 0 Å². The summed E-state index contributed by atoms with van der Waals surface area (Å²) in [6.45, 7) is 5.07. The van der Waals surface area contributed by atoms with Crippen molar-refractivity contribution >= 4 is 11.9 Å². The number of carboxylic acid groups (broad SMARTS) is 2. The summed E-state index contributed by atoms with van der Waals surface area (Å²) in [7, 11) is 0. The standard InChI is InChI=1S/C11H15NO4/c1-4-7-8(10(13)14)5(2)12-6(3)9(7)11(15)16/h7,12H,4H2,1-3H3,(H,13,14)(H,15,16). The van der Waals surface area contributed by atoms with Crippen LogP contribution in [0.15, 0.2) is 22.5 Å². The molecule has 0 unspecified atom stereocenters. The maximum absolute atomic E-state index is 11.1. The minimum Gasteiger partial charge on any atom is -0.478 e. The number of rotatable bonds is 3. The van der Waals surface area contributed by atoms with Crippen molar-refractivity contribution < 1.29 is 19.8 Å². The van der Waals surface area contributed by atoms with Crippen molar-refractivity contribution in [2.75, 3.05) is 0 Å². The molecule has 5 nitrogen and oxygen atoms in total. The van der Waals surface area contributed by atoms with Gasteiger partial charge >= 0.3 is 11.9 Å². The largest absolute Gasteiger partial charge is 0.478 e. The second kappa shape index (κ2) is 4.38. The Balaban J connectivity index is 3.29. The van der Waals surface area contributed by atoms with Gasteiger partial charge in [-0.1, -0.05) is 6.92 Å². The summed E-state index contributed by atoms with van der Waals surface area (Å²) in [4.78, 5) is 22.2. The summed E-state index contributed by atoms with van der Waals surface area (Å²) in [5.41, 5.74) is 1.32. The highest BCUT2D eigenvalue weighted by Gasteiger charge is 2.33. The highest BCUT2D eigenvalue weighted by molar-refractivity contribution is 5.96. The Morgan fingerprint density at radius 1 is 1.12 bits per heavy atom. The van der Waals surface area contributed by atoms with Crippen LogP contribution in [0.2, 0.25) is 0 Å². The van der Waals surface area contributed by atoms with E-state index in [1.807, 2.05) is 0 Å². The van der Waals surface area contributed by atoms with Gasteiger partial charge in [-0.3, -0.25) is 0 Å². The Morgan fingerprint density at radius 2 is 1.50 bits per heavy atom. The van der Waals surface area contributed by atoms with Crippen molar-refractivity contribution in [2.45, 2.75) is 27.2 Å². The molecule has 3 N–H and O–H groups in total. The molecule has 0 radical (unpaired) electrons. The van der Waals surface area contributed by atoms with E-state index >= 15 is 0 Å². The lowest BCUT2D eigenvalue weighted by molar-refractivity contribution is -0.134. The van der Waals surface area contributed by atoms with E-state index in [9.17, 15) is 9.59 Å². The smallest absolute Gasteiger partial charge is 0.333 e. The van der Waals surface area contributed by atoms with Gasteiger partial charge in [-0.05, 0) is 20.3 Å². The summed E-state index contributed by atoms with van der Waals surface area (Å²) < 4.78 is 0. The van der Waals surface area contributed by atoms with Gasteiger partial charge in [0.15, 0.2) is 0 Å². The van der Waals surface area contributed by atoms with Gasteiger partial charge in [-0.2, -0.15) is 0 Å². The molecular formula is C11H15NO4. The van der Waals surface area contributed by atoms with E-state index in [1.54, 1.807) is 20.8 Å². The number of hydrogen-bond acceptors (Lipinski definition) is 3. The quantitative estimate of drug-likeness (QED) is 0.674. The molecule has 0 spiro atoms. The summed E-state index contributed by atoms with van der Waals surface area (Å²) in [5, 5.41) is 21.0. The number of hydrogen-bond donors (Lipinski definition) is 3. The normalized spacial score (nSPS) is 17.4. The van der Waals surface area contributed by atoms with Crippen LogP contribution in [0.5, 0.6) is 0 Å². The zero-order valence-corrected chi connectivity index (χ0v) is 9.50. The molecule has 1 heterocycles. The van der Waals surface area contributed by atoms with Gasteiger partial charge in [-0.25, -0.2) is 9.59 Å². The number of carboxylic acids is 2. The fourth-order valence-electron chi connectivity index (χ4n) is 2.11. The second-order valence-electron chi connectivity index (χ2n) is 3.77. The first-order valence-electron chi connectivity index (χ1n) is 5.05. The fourth-order valence-corrected chi connectivity index (χ4v) is 2.11. The minimum absolute atomic E-state index is 0.144. The molecule has 0 aliphatic carbocycles. The van der Waals surface area contributed by atoms with Crippen LogP contribution in [0.3, 0.4) is 0 Å². The van der Waals surface area contributed by atoms with E-state index in [0.717, 1.165) is 0 Å². The molecule has 88 valence electrons. The Morgan fingerprint density at radius 3 is 1.75 bits per heavy atom. The number of allylic oxidation sites excluding steroid dienone is 2. The zero-order chi connectivity index (χ0) is 12.5. The predicted molar refractivity (Wildman–Crippen MR) is 57.6 cm³/mol. The number of aliphatic carboxylic acids is 2. The lowest BCUT2D eigenvalue weighted by atomic mass is 9.84. The van der Waals surface area contributed by atoms with Crippen LogP contribution >= 0.6 is 0 Å². The maximum atomic E-state index is 11.1. The van der Waals surface area contributed by atoms with Crippen molar-refractivity contribution in [2.24, 2.45) is 5.92 Å². The fraction of sp³-hybridized carbons (Fsp3) is 0.455. The van der Waals surface area contributed by atoms with Crippen LogP contribution in [0.1, 0.15) is 27.2 Å². The Bertz CT molecular complexity index is 370. The molecule has 0 saturated carbocycles. The van der Waals surface area contributed by atoms with Gasteiger partial charge in [0.1, 0.15) is 0 Å². The van der Waals surface area contributed by atoms with E-state index in [2.05, 4.69) is 5.32 Å². The molecule has 0 fully saturated rings. The molecule has 1 rings (SSSR count). The van der Waals surface area contributed by atoms with E-state index in [-0.39, 0.29) is 11.1 Å². The zero-order valence-electron chi connectivity index (χ0n) is 9.50. The summed E-state index contributed by atoms with van der Waals surface area (Å²) in [6, 6.07) is 0. The summed E-state index contributed by atoms with van der Waals surface area (Å²) in [6.07, 6.45) is 0.458. The molecule has 5 heteroatoms. The van der Waals surface area contributed by atoms with Crippen LogP contribution in [0, 0.1) is 5.92 Å². The highest BCUT2D eigenvalue weighted by atomic mass is 16.4. The molecule has 0 saturated heterocycles. The Hall–Kier alpha value is -1.78. The molecule has 0 aromatic rings. The molecule has 1 aliphatic rings. The van der Waals surface area contributed by atoms with E-state index in [1.165, 1.54) is 0 Å². The first-order chi connectivity index (χ1) is 7.40. The van der Waals surface area contributed by atoms with Crippen LogP contribution in [0.4, 0.5) is 0 Å². The van der Waals surface area contributed by atoms with E-state index < -0.39 is 17.9 Å². The molecule has 0 aromatic carbocycles. The van der Waals surface area contributed by atoms with E-state index in [4.69, 9.17) is 10.2 Å². The first kappa shape index (κ1) is 12.3. The summed E-state index contributed by atoms with van der Waals surface area (Å²) in [5.74, 6) is -2.68. The first-order valence-corrected chi connectivity index (χ1v) is 5.05. The van der Waals surface area contributed by atoms with Crippen molar-refractivity contribution in [3.8, 4) is 0 Å². The third kappa shape index (κ3) is 1.93. The van der Waals surface area contributed by atoms with Crippen LogP contribution in [-0.4, -0.2) is 22.2 Å². The average Bonchev–Trinajstić information content (AvgIpc) is 2.14. The van der Waals surface area contributed by atoms with Gasteiger partial charge in [-0.15, -0.1) is 0 Å². The third-order valence-electron chi connectivity index (χ3n) is 2.75. The predicted octanol–water partition coefficient (Wildman–Crippen LogP) is 1.33. The number of dihydropyridines is 1. The van der Waals surface area contributed by atoms with Gasteiger partial charge < -0.3 is 15.5 Å². The molecule has 1 aliphatic heterocycles. The van der Waals surface area contributed by atoms with E-state index in [0.29, 0.717) is 17.8 Å².